The van der Waals surface area contributed by atoms with Crippen LogP contribution in [0.4, 0.5) is 13.2 Å². The largest absolute Gasteiger partial charge is 0.435 e. The molecule has 0 heterocycles. The molecule has 0 amide bonds. The molecular weight excluding hydrogens is 231 g/mol. The zero-order chi connectivity index (χ0) is 12.5. The van der Waals surface area contributed by atoms with Crippen LogP contribution >= 0.6 is 0 Å². The van der Waals surface area contributed by atoms with Gasteiger partial charge in [0.2, 0.25) is 0 Å². The predicted molar refractivity (Wildman–Crippen MR) is 57.6 cm³/mol. The van der Waals surface area contributed by atoms with Gasteiger partial charge in [0.25, 0.3) is 0 Å². The highest BCUT2D eigenvalue weighted by atomic mass is 19.3. The van der Waals surface area contributed by atoms with E-state index in [1.54, 1.807) is 0 Å². The zero-order valence-corrected chi connectivity index (χ0v) is 9.26. The van der Waals surface area contributed by atoms with Gasteiger partial charge in [0, 0.05) is 18.0 Å². The molecular formula is C12H14F3NO. The molecule has 94 valence electrons. The average Bonchev–Trinajstić information content (AvgIpc) is 2.19. The second-order valence-corrected chi connectivity index (χ2v) is 4.36. The number of alkyl halides is 2. The minimum absolute atomic E-state index is 0.159. The fraction of sp³-hybridized carbons (Fsp3) is 0.500. The van der Waals surface area contributed by atoms with Gasteiger partial charge in [-0.3, -0.25) is 0 Å². The second kappa shape index (κ2) is 4.56. The number of nitrogens with two attached hydrogens (primary N) is 1. The first-order chi connectivity index (χ1) is 8.07. The van der Waals surface area contributed by atoms with E-state index in [0.29, 0.717) is 12.1 Å². The van der Waals surface area contributed by atoms with Crippen LogP contribution in [0, 0.1) is 5.82 Å². The van der Waals surface area contributed by atoms with Crippen molar-refractivity contribution in [3.63, 3.8) is 0 Å². The maximum atomic E-state index is 13.8. The molecule has 2 rings (SSSR count). The first-order valence-corrected chi connectivity index (χ1v) is 5.52. The summed E-state index contributed by atoms with van der Waals surface area (Å²) in [6, 6.07) is 3.86. The van der Waals surface area contributed by atoms with Gasteiger partial charge >= 0.3 is 6.61 Å². The minimum atomic E-state index is -2.94. The molecule has 5 heteroatoms. The number of hydrogen-bond donors (Lipinski definition) is 1. The van der Waals surface area contributed by atoms with Crippen LogP contribution in [0.2, 0.25) is 0 Å². The molecule has 17 heavy (non-hydrogen) atoms. The maximum absolute atomic E-state index is 13.8. The van der Waals surface area contributed by atoms with Crippen molar-refractivity contribution in [3.05, 3.63) is 29.6 Å². The zero-order valence-electron chi connectivity index (χ0n) is 9.26. The number of rotatable bonds is 4. The van der Waals surface area contributed by atoms with Crippen molar-refractivity contribution in [2.24, 2.45) is 5.73 Å². The van der Waals surface area contributed by atoms with Gasteiger partial charge in [0.1, 0.15) is 11.6 Å². The molecule has 2 N–H and O–H groups in total. The molecule has 0 saturated heterocycles. The summed E-state index contributed by atoms with van der Waals surface area (Å²) in [6.07, 6.45) is 2.71. The van der Waals surface area contributed by atoms with Crippen LogP contribution in [-0.4, -0.2) is 13.2 Å². The maximum Gasteiger partial charge on any atom is 0.387 e. The number of hydrogen-bond acceptors (Lipinski definition) is 2. The Hall–Kier alpha value is -1.23. The van der Waals surface area contributed by atoms with Crippen LogP contribution in [0.25, 0.3) is 0 Å². The molecule has 0 unspecified atom stereocenters. The molecule has 0 radical (unpaired) electrons. The van der Waals surface area contributed by atoms with Crippen LogP contribution in [0.3, 0.4) is 0 Å². The second-order valence-electron chi connectivity index (χ2n) is 4.36. The van der Waals surface area contributed by atoms with E-state index < -0.39 is 12.4 Å². The van der Waals surface area contributed by atoms with Gasteiger partial charge in [-0.25, -0.2) is 4.39 Å². The van der Waals surface area contributed by atoms with Crippen molar-refractivity contribution in [2.75, 3.05) is 6.54 Å². The Morgan fingerprint density at radius 2 is 2.06 bits per heavy atom. The van der Waals surface area contributed by atoms with E-state index in [9.17, 15) is 13.2 Å². The van der Waals surface area contributed by atoms with E-state index in [-0.39, 0.29) is 11.2 Å². The van der Waals surface area contributed by atoms with E-state index in [0.717, 1.165) is 25.3 Å². The fourth-order valence-corrected chi connectivity index (χ4v) is 2.29. The summed E-state index contributed by atoms with van der Waals surface area (Å²) in [5.41, 5.74) is 5.87. The van der Waals surface area contributed by atoms with Crippen LogP contribution in [0.15, 0.2) is 18.2 Å². The summed E-state index contributed by atoms with van der Waals surface area (Å²) in [5.74, 6) is -0.680. The third-order valence-corrected chi connectivity index (χ3v) is 3.44. The molecule has 0 aliphatic heterocycles. The van der Waals surface area contributed by atoms with Gasteiger partial charge in [0.15, 0.2) is 0 Å². The Balaban J connectivity index is 2.25. The lowest BCUT2D eigenvalue weighted by Gasteiger charge is -2.41. The van der Waals surface area contributed by atoms with Gasteiger partial charge in [-0.2, -0.15) is 8.78 Å². The van der Waals surface area contributed by atoms with Gasteiger partial charge in [-0.15, -0.1) is 0 Å². The van der Waals surface area contributed by atoms with Crippen molar-refractivity contribution < 1.29 is 17.9 Å². The summed E-state index contributed by atoms with van der Waals surface area (Å²) in [6.45, 7) is -2.56. The molecule has 1 aliphatic carbocycles. The molecule has 1 saturated carbocycles. The third-order valence-electron chi connectivity index (χ3n) is 3.44. The Bertz CT molecular complexity index is 399. The molecule has 0 spiro atoms. The van der Waals surface area contributed by atoms with E-state index >= 15 is 0 Å². The highest BCUT2D eigenvalue weighted by Gasteiger charge is 2.39. The normalized spacial score (nSPS) is 17.9. The Morgan fingerprint density at radius 1 is 1.35 bits per heavy atom. The van der Waals surface area contributed by atoms with Crippen molar-refractivity contribution >= 4 is 0 Å². The van der Waals surface area contributed by atoms with Gasteiger partial charge in [0.05, 0.1) is 0 Å². The molecule has 1 aromatic rings. The van der Waals surface area contributed by atoms with Crippen molar-refractivity contribution in [3.8, 4) is 5.75 Å². The molecule has 1 fully saturated rings. The van der Waals surface area contributed by atoms with E-state index in [4.69, 9.17) is 5.73 Å². The first-order valence-electron chi connectivity index (χ1n) is 5.52. The molecule has 1 aromatic carbocycles. The van der Waals surface area contributed by atoms with Crippen LogP contribution in [-0.2, 0) is 5.41 Å². The fourth-order valence-electron chi connectivity index (χ4n) is 2.29. The number of halogens is 3. The summed E-state index contributed by atoms with van der Waals surface area (Å²) in [4.78, 5) is 0. The first kappa shape index (κ1) is 12.2. The Morgan fingerprint density at radius 3 is 2.47 bits per heavy atom. The molecule has 0 aromatic heterocycles. The van der Waals surface area contributed by atoms with E-state index in [2.05, 4.69) is 4.74 Å². The summed E-state index contributed by atoms with van der Waals surface area (Å²) in [5, 5.41) is 0. The molecule has 0 bridgehead atoms. The molecule has 2 nitrogen and oxygen atoms in total. The number of benzene rings is 1. The average molecular weight is 245 g/mol. The lowest BCUT2D eigenvalue weighted by molar-refractivity contribution is -0.0500. The summed E-state index contributed by atoms with van der Waals surface area (Å²) in [7, 11) is 0. The Kier molecular flexibility index (Phi) is 3.28. The van der Waals surface area contributed by atoms with E-state index in [1.165, 1.54) is 12.1 Å². The lowest BCUT2D eigenvalue weighted by atomic mass is 9.64. The SMILES string of the molecule is NCC1(c2ccc(OC(F)F)cc2F)CCC1. The van der Waals surface area contributed by atoms with Crippen LogP contribution < -0.4 is 10.5 Å². The standard InChI is InChI=1S/C12H14F3NO/c13-10-6-8(17-11(14)15)2-3-9(10)12(7-16)4-1-5-12/h2-3,6,11H,1,4-5,7,16H2. The summed E-state index contributed by atoms with van der Waals surface area (Å²) >= 11 is 0. The van der Waals surface area contributed by atoms with E-state index in [1.807, 2.05) is 0 Å². The van der Waals surface area contributed by atoms with Crippen LogP contribution in [0.1, 0.15) is 24.8 Å². The lowest BCUT2D eigenvalue weighted by Crippen LogP contribution is -2.42. The minimum Gasteiger partial charge on any atom is -0.435 e. The Labute approximate surface area is 97.6 Å². The van der Waals surface area contributed by atoms with Crippen LogP contribution in [0.5, 0.6) is 5.75 Å². The number of ether oxygens (including phenoxy) is 1. The predicted octanol–water partition coefficient (Wildman–Crippen LogP) is 2.81. The summed E-state index contributed by atoms with van der Waals surface area (Å²) < 4.78 is 41.9. The quantitative estimate of drug-likeness (QED) is 0.885. The highest BCUT2D eigenvalue weighted by Crippen LogP contribution is 2.44. The monoisotopic (exact) mass is 245 g/mol. The molecule has 0 atom stereocenters. The van der Waals surface area contributed by atoms with Crippen molar-refractivity contribution in [1.29, 1.82) is 0 Å². The highest BCUT2D eigenvalue weighted by molar-refractivity contribution is 5.36. The van der Waals surface area contributed by atoms with Crippen molar-refractivity contribution in [2.45, 2.75) is 31.3 Å². The molecule has 1 aliphatic rings. The van der Waals surface area contributed by atoms with Crippen molar-refractivity contribution in [1.82, 2.24) is 0 Å². The van der Waals surface area contributed by atoms with Gasteiger partial charge < -0.3 is 10.5 Å². The topological polar surface area (TPSA) is 35.2 Å². The third kappa shape index (κ3) is 2.24. The van der Waals surface area contributed by atoms with Gasteiger partial charge in [-0.05, 0) is 24.5 Å². The van der Waals surface area contributed by atoms with Gasteiger partial charge in [-0.1, -0.05) is 12.5 Å². The smallest absolute Gasteiger partial charge is 0.387 e.